The van der Waals surface area contributed by atoms with Crippen LogP contribution in [0.4, 0.5) is 17.2 Å². The number of nitrogens with one attached hydrogen (secondary N) is 2. The summed E-state index contributed by atoms with van der Waals surface area (Å²) in [6.45, 7) is 3.07. The van der Waals surface area contributed by atoms with Gasteiger partial charge in [-0.1, -0.05) is 12.1 Å². The fourth-order valence-corrected chi connectivity index (χ4v) is 2.33. The predicted octanol–water partition coefficient (Wildman–Crippen LogP) is 2.79. The fourth-order valence-electron chi connectivity index (χ4n) is 1.74. The Kier molecular flexibility index (Phi) is 4.77. The third-order valence-electron chi connectivity index (χ3n) is 2.96. The molecule has 0 saturated heterocycles. The van der Waals surface area contributed by atoms with Crippen LogP contribution in [0.25, 0.3) is 0 Å². The predicted molar refractivity (Wildman–Crippen MR) is 87.0 cm³/mol. The Hall–Kier alpha value is -2.41. The van der Waals surface area contributed by atoms with Gasteiger partial charge in [-0.3, -0.25) is 9.52 Å². The van der Waals surface area contributed by atoms with E-state index < -0.39 is 10.0 Å². The molecule has 2 aromatic rings. The number of ketones is 1. The van der Waals surface area contributed by atoms with Gasteiger partial charge in [0.15, 0.2) is 5.78 Å². The Labute approximate surface area is 129 Å². The highest BCUT2D eigenvalue weighted by Gasteiger charge is 2.07. The Bertz CT molecular complexity index is 771. The van der Waals surface area contributed by atoms with Gasteiger partial charge in [-0.2, -0.15) is 0 Å². The van der Waals surface area contributed by atoms with E-state index in [2.05, 4.69) is 15.0 Å². The van der Waals surface area contributed by atoms with E-state index in [0.717, 1.165) is 5.69 Å². The van der Waals surface area contributed by atoms with E-state index in [1.807, 2.05) is 6.07 Å². The summed E-state index contributed by atoms with van der Waals surface area (Å²) < 4.78 is 25.3. The Balaban J connectivity index is 2.11. The zero-order valence-electron chi connectivity index (χ0n) is 12.3. The average Bonchev–Trinajstić information content (AvgIpc) is 2.49. The number of carbonyl (C=O) groups excluding carboxylic acids is 1. The maximum atomic E-state index is 11.4. The molecule has 2 rings (SSSR count). The molecule has 6 nitrogen and oxygen atoms in total. The van der Waals surface area contributed by atoms with E-state index in [1.165, 1.54) is 13.1 Å². The molecule has 0 aliphatic rings. The molecule has 116 valence electrons. The molecule has 0 amide bonds. The van der Waals surface area contributed by atoms with Gasteiger partial charge in [-0.25, -0.2) is 13.4 Å². The lowest BCUT2D eigenvalue weighted by molar-refractivity contribution is 0.101. The zero-order chi connectivity index (χ0) is 16.2. The maximum absolute atomic E-state index is 11.4. The minimum Gasteiger partial charge on any atom is -0.354 e. The molecule has 0 spiro atoms. The highest BCUT2D eigenvalue weighted by atomic mass is 32.2. The molecule has 0 aliphatic heterocycles. The normalized spacial score (nSPS) is 11.0. The van der Waals surface area contributed by atoms with Crippen LogP contribution in [-0.2, 0) is 10.0 Å². The first-order chi connectivity index (χ1) is 10.4. The van der Waals surface area contributed by atoms with Crippen molar-refractivity contribution in [1.82, 2.24) is 4.98 Å². The van der Waals surface area contributed by atoms with Crippen molar-refractivity contribution in [3.05, 3.63) is 48.2 Å². The van der Waals surface area contributed by atoms with Gasteiger partial charge in [0, 0.05) is 11.3 Å². The summed E-state index contributed by atoms with van der Waals surface area (Å²) in [4.78, 5) is 15.4. The van der Waals surface area contributed by atoms with Crippen LogP contribution in [0.15, 0.2) is 42.6 Å². The standard InChI is InChI=1S/C15H17N3O3S/c1-3-22(20,21)18-15-8-7-14(10-16-15)17-13-6-4-5-12(9-13)11(2)19/h4-10,17H,3H2,1-2H3,(H,16,18). The first-order valence-electron chi connectivity index (χ1n) is 6.74. The van der Waals surface area contributed by atoms with Crippen molar-refractivity contribution in [1.29, 1.82) is 0 Å². The average molecular weight is 319 g/mol. The SMILES string of the molecule is CCS(=O)(=O)Nc1ccc(Nc2cccc(C(C)=O)c2)cn1. The molecule has 0 aliphatic carbocycles. The van der Waals surface area contributed by atoms with Crippen molar-refractivity contribution < 1.29 is 13.2 Å². The van der Waals surface area contributed by atoms with Crippen molar-refractivity contribution in [2.45, 2.75) is 13.8 Å². The molecule has 22 heavy (non-hydrogen) atoms. The molecule has 1 aromatic heterocycles. The van der Waals surface area contributed by atoms with Gasteiger partial charge in [0.2, 0.25) is 10.0 Å². The number of anilines is 3. The topological polar surface area (TPSA) is 88.2 Å². The van der Waals surface area contributed by atoms with E-state index >= 15 is 0 Å². The summed E-state index contributed by atoms with van der Waals surface area (Å²) in [5.41, 5.74) is 2.07. The van der Waals surface area contributed by atoms with E-state index in [9.17, 15) is 13.2 Å². The van der Waals surface area contributed by atoms with Gasteiger partial charge in [-0.15, -0.1) is 0 Å². The lowest BCUT2D eigenvalue weighted by atomic mass is 10.1. The van der Waals surface area contributed by atoms with Crippen LogP contribution < -0.4 is 10.0 Å². The molecule has 0 fully saturated rings. The van der Waals surface area contributed by atoms with Crippen LogP contribution in [0.3, 0.4) is 0 Å². The Morgan fingerprint density at radius 1 is 1.18 bits per heavy atom. The molecule has 0 unspecified atom stereocenters. The monoisotopic (exact) mass is 319 g/mol. The number of rotatable bonds is 6. The molecule has 0 bridgehead atoms. The van der Waals surface area contributed by atoms with Gasteiger partial charge >= 0.3 is 0 Å². The van der Waals surface area contributed by atoms with E-state index in [4.69, 9.17) is 0 Å². The van der Waals surface area contributed by atoms with Crippen LogP contribution in [0.5, 0.6) is 0 Å². The second kappa shape index (κ2) is 6.57. The maximum Gasteiger partial charge on any atom is 0.233 e. The summed E-state index contributed by atoms with van der Waals surface area (Å²) >= 11 is 0. The van der Waals surface area contributed by atoms with Gasteiger partial charge in [0.05, 0.1) is 17.6 Å². The van der Waals surface area contributed by atoms with Gasteiger partial charge in [0.25, 0.3) is 0 Å². The summed E-state index contributed by atoms with van der Waals surface area (Å²) in [6.07, 6.45) is 1.52. The lowest BCUT2D eigenvalue weighted by Gasteiger charge is -2.09. The van der Waals surface area contributed by atoms with Crippen LogP contribution in [-0.4, -0.2) is 24.9 Å². The van der Waals surface area contributed by atoms with Crippen LogP contribution in [0, 0.1) is 0 Å². The van der Waals surface area contributed by atoms with E-state index in [0.29, 0.717) is 11.3 Å². The largest absolute Gasteiger partial charge is 0.354 e. The number of pyridine rings is 1. The minimum atomic E-state index is -3.33. The molecule has 7 heteroatoms. The Morgan fingerprint density at radius 2 is 1.95 bits per heavy atom. The van der Waals surface area contributed by atoms with Crippen molar-refractivity contribution in [3.8, 4) is 0 Å². The number of hydrogen-bond donors (Lipinski definition) is 2. The molecule has 0 saturated carbocycles. The van der Waals surface area contributed by atoms with Crippen molar-refractivity contribution in [3.63, 3.8) is 0 Å². The lowest BCUT2D eigenvalue weighted by Crippen LogP contribution is -2.15. The number of nitrogens with zero attached hydrogens (tertiary/aromatic N) is 1. The van der Waals surface area contributed by atoms with E-state index in [-0.39, 0.29) is 17.4 Å². The zero-order valence-corrected chi connectivity index (χ0v) is 13.1. The number of aromatic nitrogens is 1. The minimum absolute atomic E-state index is 0.00742. The number of hydrogen-bond acceptors (Lipinski definition) is 5. The third-order valence-corrected chi connectivity index (χ3v) is 4.24. The molecule has 1 aromatic carbocycles. The van der Waals surface area contributed by atoms with Crippen molar-refractivity contribution in [2.24, 2.45) is 0 Å². The number of carbonyl (C=O) groups is 1. The van der Waals surface area contributed by atoms with Gasteiger partial charge in [-0.05, 0) is 38.1 Å². The third kappa shape index (κ3) is 4.29. The second-order valence-electron chi connectivity index (χ2n) is 4.70. The highest BCUT2D eigenvalue weighted by Crippen LogP contribution is 2.18. The number of benzene rings is 1. The van der Waals surface area contributed by atoms with Gasteiger partial charge in [0.1, 0.15) is 5.82 Å². The van der Waals surface area contributed by atoms with Crippen LogP contribution >= 0.6 is 0 Å². The second-order valence-corrected chi connectivity index (χ2v) is 6.71. The molecule has 0 atom stereocenters. The summed E-state index contributed by atoms with van der Waals surface area (Å²) in [5, 5.41) is 3.11. The number of sulfonamides is 1. The van der Waals surface area contributed by atoms with Gasteiger partial charge < -0.3 is 5.32 Å². The molecular formula is C15H17N3O3S. The van der Waals surface area contributed by atoms with Crippen LogP contribution in [0.2, 0.25) is 0 Å². The number of Topliss-reactive ketones (excluding diaryl/α,β-unsaturated/α-hetero) is 1. The van der Waals surface area contributed by atoms with Crippen LogP contribution in [0.1, 0.15) is 24.2 Å². The molecule has 1 heterocycles. The summed E-state index contributed by atoms with van der Waals surface area (Å²) in [7, 11) is -3.33. The summed E-state index contributed by atoms with van der Waals surface area (Å²) in [5.74, 6) is 0.253. The fraction of sp³-hybridized carbons (Fsp3) is 0.200. The first kappa shape index (κ1) is 16.0. The molecule has 2 N–H and O–H groups in total. The first-order valence-corrected chi connectivity index (χ1v) is 8.39. The quantitative estimate of drug-likeness (QED) is 0.799. The Morgan fingerprint density at radius 3 is 2.55 bits per heavy atom. The van der Waals surface area contributed by atoms with Crippen molar-refractivity contribution >= 4 is 33.0 Å². The van der Waals surface area contributed by atoms with E-state index in [1.54, 1.807) is 37.3 Å². The smallest absolute Gasteiger partial charge is 0.233 e. The van der Waals surface area contributed by atoms with Crippen molar-refractivity contribution in [2.75, 3.05) is 15.8 Å². The molecular weight excluding hydrogens is 302 g/mol. The molecule has 0 radical (unpaired) electrons. The highest BCUT2D eigenvalue weighted by molar-refractivity contribution is 7.92. The summed E-state index contributed by atoms with van der Waals surface area (Å²) in [6, 6.07) is 10.4.